The molecule has 5 nitrogen and oxygen atoms in total. The summed E-state index contributed by atoms with van der Waals surface area (Å²) in [7, 11) is 0. The molecule has 2 amide bonds. The van der Waals surface area contributed by atoms with Crippen molar-refractivity contribution >= 4 is 11.8 Å². The minimum Gasteiger partial charge on any atom is -0.472 e. The van der Waals surface area contributed by atoms with Gasteiger partial charge in [-0.15, -0.1) is 0 Å². The van der Waals surface area contributed by atoms with E-state index in [1.165, 1.54) is 17.4 Å². The summed E-state index contributed by atoms with van der Waals surface area (Å²) in [5.41, 5.74) is 0.493. The van der Waals surface area contributed by atoms with Crippen LogP contribution in [0.5, 0.6) is 0 Å². The highest BCUT2D eigenvalue weighted by Crippen LogP contribution is 2.31. The Morgan fingerprint density at radius 2 is 1.96 bits per heavy atom. The molecule has 0 aromatic carbocycles. The summed E-state index contributed by atoms with van der Waals surface area (Å²) in [6.45, 7) is 0.457. The molecular weight excluding hydrogens is 306 g/mol. The van der Waals surface area contributed by atoms with Crippen LogP contribution in [0.1, 0.15) is 36.0 Å². The van der Waals surface area contributed by atoms with Crippen LogP contribution in [0.3, 0.4) is 0 Å². The van der Waals surface area contributed by atoms with E-state index in [9.17, 15) is 18.4 Å². The molecule has 126 valence electrons. The lowest BCUT2D eigenvalue weighted by atomic mass is 9.94. The zero-order valence-corrected chi connectivity index (χ0v) is 12.8. The van der Waals surface area contributed by atoms with Gasteiger partial charge in [0.05, 0.1) is 18.4 Å². The normalized spacial score (nSPS) is 19.2. The van der Waals surface area contributed by atoms with Crippen LogP contribution in [0.4, 0.5) is 8.78 Å². The van der Waals surface area contributed by atoms with E-state index in [1.807, 2.05) is 0 Å². The molecule has 1 aliphatic heterocycles. The van der Waals surface area contributed by atoms with Crippen molar-refractivity contribution in [1.82, 2.24) is 9.80 Å². The van der Waals surface area contributed by atoms with E-state index in [-0.39, 0.29) is 23.8 Å². The number of alkyl halides is 2. The molecule has 2 heterocycles. The monoisotopic (exact) mass is 326 g/mol. The maximum atomic E-state index is 12.7. The van der Waals surface area contributed by atoms with Crippen molar-refractivity contribution in [3.63, 3.8) is 0 Å². The van der Waals surface area contributed by atoms with Gasteiger partial charge in [0, 0.05) is 25.0 Å². The number of nitrogens with zero attached hydrogens (tertiary/aromatic N) is 2. The van der Waals surface area contributed by atoms with Crippen LogP contribution in [-0.2, 0) is 4.79 Å². The van der Waals surface area contributed by atoms with Gasteiger partial charge in [-0.1, -0.05) is 0 Å². The van der Waals surface area contributed by atoms with Gasteiger partial charge in [-0.3, -0.25) is 9.59 Å². The lowest BCUT2D eigenvalue weighted by Gasteiger charge is -2.34. The number of likely N-dealkylation sites (tertiary alicyclic amines) is 1. The summed E-state index contributed by atoms with van der Waals surface area (Å²) in [6.07, 6.45) is 3.02. The maximum Gasteiger partial charge on any atom is 0.257 e. The van der Waals surface area contributed by atoms with Gasteiger partial charge in [-0.2, -0.15) is 0 Å². The highest BCUT2D eigenvalue weighted by atomic mass is 19.3. The summed E-state index contributed by atoms with van der Waals surface area (Å²) in [5, 5.41) is 0. The van der Waals surface area contributed by atoms with Crippen molar-refractivity contribution in [2.75, 3.05) is 19.6 Å². The number of rotatable bonds is 5. The van der Waals surface area contributed by atoms with E-state index in [0.717, 1.165) is 12.8 Å². The van der Waals surface area contributed by atoms with Gasteiger partial charge in [0.2, 0.25) is 5.91 Å². The molecule has 1 aromatic rings. The molecule has 0 spiro atoms. The minimum absolute atomic E-state index is 0.0120. The predicted molar refractivity (Wildman–Crippen MR) is 78.1 cm³/mol. The fraction of sp³-hybridized carbons (Fsp3) is 0.625. The van der Waals surface area contributed by atoms with E-state index in [2.05, 4.69) is 0 Å². The second-order valence-electron chi connectivity index (χ2n) is 6.19. The fourth-order valence-electron chi connectivity index (χ4n) is 3.09. The third kappa shape index (κ3) is 3.71. The lowest BCUT2D eigenvalue weighted by Crippen LogP contribution is -2.46. The lowest BCUT2D eigenvalue weighted by molar-refractivity contribution is -0.139. The van der Waals surface area contributed by atoms with Gasteiger partial charge in [0.15, 0.2) is 0 Å². The van der Waals surface area contributed by atoms with Crippen molar-refractivity contribution in [2.24, 2.45) is 5.92 Å². The largest absolute Gasteiger partial charge is 0.472 e. The van der Waals surface area contributed by atoms with Crippen molar-refractivity contribution < 1.29 is 22.8 Å². The SMILES string of the molecule is O=C(c1ccoc1)N1CCC(C(=O)N(CC(F)F)C2CC2)CC1. The first-order valence-electron chi connectivity index (χ1n) is 7.96. The molecule has 0 bridgehead atoms. The average molecular weight is 326 g/mol. The Kier molecular flexibility index (Phi) is 4.63. The van der Waals surface area contributed by atoms with Gasteiger partial charge in [0.25, 0.3) is 12.3 Å². The number of carbonyl (C=O) groups is 2. The van der Waals surface area contributed by atoms with Gasteiger partial charge in [-0.05, 0) is 31.7 Å². The molecule has 0 N–H and O–H groups in total. The molecule has 2 fully saturated rings. The Labute approximate surface area is 133 Å². The van der Waals surface area contributed by atoms with E-state index < -0.39 is 13.0 Å². The van der Waals surface area contributed by atoms with Crippen LogP contribution in [0.2, 0.25) is 0 Å². The third-order valence-corrected chi connectivity index (χ3v) is 4.50. The zero-order chi connectivity index (χ0) is 16.4. The smallest absolute Gasteiger partial charge is 0.257 e. The van der Waals surface area contributed by atoms with E-state index in [0.29, 0.717) is 31.5 Å². The predicted octanol–water partition coefficient (Wildman–Crippen LogP) is 2.39. The summed E-state index contributed by atoms with van der Waals surface area (Å²) < 4.78 is 30.2. The Morgan fingerprint density at radius 1 is 1.26 bits per heavy atom. The molecule has 7 heteroatoms. The summed E-state index contributed by atoms with van der Waals surface area (Å²) in [5.74, 6) is -0.553. The van der Waals surface area contributed by atoms with Crippen molar-refractivity contribution in [3.8, 4) is 0 Å². The van der Waals surface area contributed by atoms with Crippen LogP contribution in [0.15, 0.2) is 23.0 Å². The maximum absolute atomic E-state index is 12.7. The molecule has 0 unspecified atom stereocenters. The van der Waals surface area contributed by atoms with Crippen LogP contribution < -0.4 is 0 Å². The number of carbonyl (C=O) groups excluding carboxylic acids is 2. The summed E-state index contributed by atoms with van der Waals surface area (Å²) in [6, 6.07) is 1.60. The molecule has 1 aliphatic carbocycles. The Hall–Kier alpha value is -1.92. The Bertz CT molecular complexity index is 550. The minimum atomic E-state index is -2.50. The first-order valence-corrected chi connectivity index (χ1v) is 7.96. The van der Waals surface area contributed by atoms with Crippen molar-refractivity contribution in [3.05, 3.63) is 24.2 Å². The van der Waals surface area contributed by atoms with E-state index >= 15 is 0 Å². The van der Waals surface area contributed by atoms with Gasteiger partial charge >= 0.3 is 0 Å². The quantitative estimate of drug-likeness (QED) is 0.835. The molecular formula is C16H20F2N2O3. The molecule has 23 heavy (non-hydrogen) atoms. The summed E-state index contributed by atoms with van der Waals surface area (Å²) >= 11 is 0. The van der Waals surface area contributed by atoms with Crippen molar-refractivity contribution in [1.29, 1.82) is 0 Å². The summed E-state index contributed by atoms with van der Waals surface area (Å²) in [4.78, 5) is 27.7. The molecule has 2 aliphatic rings. The average Bonchev–Trinajstić information content (AvgIpc) is 3.25. The highest BCUT2D eigenvalue weighted by molar-refractivity contribution is 5.94. The Balaban J connectivity index is 1.55. The Morgan fingerprint density at radius 3 is 2.48 bits per heavy atom. The van der Waals surface area contributed by atoms with Gasteiger partial charge < -0.3 is 14.2 Å². The number of amides is 2. The number of halogens is 2. The van der Waals surface area contributed by atoms with E-state index in [4.69, 9.17) is 4.42 Å². The van der Waals surface area contributed by atoms with Crippen LogP contribution in [-0.4, -0.2) is 53.7 Å². The first-order chi connectivity index (χ1) is 11.1. The molecule has 0 radical (unpaired) electrons. The number of hydrogen-bond donors (Lipinski definition) is 0. The fourth-order valence-corrected chi connectivity index (χ4v) is 3.09. The van der Waals surface area contributed by atoms with Crippen LogP contribution in [0.25, 0.3) is 0 Å². The molecule has 1 aromatic heterocycles. The van der Waals surface area contributed by atoms with E-state index in [1.54, 1.807) is 11.0 Å². The first kappa shape index (κ1) is 16.0. The molecule has 1 saturated heterocycles. The standard InChI is InChI=1S/C16H20F2N2O3/c17-14(18)9-20(13-1-2-13)16(22)11-3-6-19(7-4-11)15(21)12-5-8-23-10-12/h5,8,10-11,13-14H,1-4,6-7,9H2. The second kappa shape index (κ2) is 6.68. The van der Waals surface area contributed by atoms with Crippen molar-refractivity contribution in [2.45, 2.75) is 38.2 Å². The van der Waals surface area contributed by atoms with Gasteiger partial charge in [0.1, 0.15) is 6.26 Å². The van der Waals surface area contributed by atoms with Gasteiger partial charge in [-0.25, -0.2) is 8.78 Å². The zero-order valence-electron chi connectivity index (χ0n) is 12.8. The molecule has 3 rings (SSSR count). The van der Waals surface area contributed by atoms with Crippen LogP contribution >= 0.6 is 0 Å². The van der Waals surface area contributed by atoms with Crippen LogP contribution in [0, 0.1) is 5.92 Å². The highest BCUT2D eigenvalue weighted by Gasteiger charge is 2.38. The number of hydrogen-bond acceptors (Lipinski definition) is 3. The third-order valence-electron chi connectivity index (χ3n) is 4.50. The molecule has 0 atom stereocenters. The second-order valence-corrected chi connectivity index (χ2v) is 6.19. The number of furan rings is 1. The molecule has 1 saturated carbocycles. The topological polar surface area (TPSA) is 53.8 Å². The number of piperidine rings is 1.